The molecule has 3 aliphatic rings. The summed E-state index contributed by atoms with van der Waals surface area (Å²) in [6, 6.07) is 11.5. The molecular weight excluding hydrogens is 778 g/mol. The van der Waals surface area contributed by atoms with Gasteiger partial charge in [0.2, 0.25) is 5.91 Å². The van der Waals surface area contributed by atoms with Crippen LogP contribution in [0.2, 0.25) is 0 Å². The van der Waals surface area contributed by atoms with Crippen molar-refractivity contribution in [3.05, 3.63) is 118 Å². The van der Waals surface area contributed by atoms with Crippen molar-refractivity contribution in [3.8, 4) is 11.1 Å². The molecule has 58 heavy (non-hydrogen) atoms. The van der Waals surface area contributed by atoms with E-state index in [4.69, 9.17) is 15.7 Å². The van der Waals surface area contributed by atoms with Crippen LogP contribution in [-0.4, -0.2) is 62.7 Å². The topological polar surface area (TPSA) is 135 Å². The number of rotatable bonds is 11. The van der Waals surface area contributed by atoms with Gasteiger partial charge in [0.1, 0.15) is 29.7 Å². The fourth-order valence-corrected chi connectivity index (χ4v) is 9.38. The Morgan fingerprint density at radius 3 is 2.38 bits per heavy atom. The molecule has 17 heteroatoms. The molecule has 3 atom stereocenters. The first kappa shape index (κ1) is 37.6. The summed E-state index contributed by atoms with van der Waals surface area (Å²) < 4.78 is 74.3. The van der Waals surface area contributed by atoms with Crippen LogP contribution < -0.4 is 20.9 Å². The van der Waals surface area contributed by atoms with Gasteiger partial charge in [-0.25, -0.2) is 26.9 Å². The van der Waals surface area contributed by atoms with Gasteiger partial charge in [0.15, 0.2) is 10.8 Å². The molecular formula is C41H36F5N9O2S. The van der Waals surface area contributed by atoms with E-state index in [1.807, 2.05) is 12.1 Å². The minimum absolute atomic E-state index is 0.0497. The molecule has 1 saturated heterocycles. The zero-order chi connectivity index (χ0) is 40.2. The van der Waals surface area contributed by atoms with Crippen LogP contribution in [0.15, 0.2) is 67.0 Å². The number of halogens is 5. The Morgan fingerprint density at radius 1 is 0.914 bits per heavy atom. The number of hydrogen-bond acceptors (Lipinski definition) is 9. The first-order valence-electron chi connectivity index (χ1n) is 18.9. The molecule has 2 amide bonds. The second kappa shape index (κ2) is 15.1. The average Bonchev–Trinajstić information content (AvgIpc) is 3.73. The van der Waals surface area contributed by atoms with Crippen molar-refractivity contribution in [2.45, 2.75) is 50.6 Å². The Morgan fingerprint density at radius 2 is 1.66 bits per heavy atom. The largest absolute Gasteiger partial charge is 0.368 e. The lowest BCUT2D eigenvalue weighted by molar-refractivity contribution is -0.122. The summed E-state index contributed by atoms with van der Waals surface area (Å²) in [6.45, 7) is 2.40. The maximum absolute atomic E-state index is 14.8. The lowest BCUT2D eigenvalue weighted by Crippen LogP contribution is -2.46. The SMILES string of the molecule is NC(=O)c1cc(-c2cc3sc(N4CCN(c5ccncc5)CC4)nc3nc2[C@H](Cc2cc(F)cc(F)c2)NC(=O)Cn2nc(C(F)F)c3c2C2C[C@H]2CC3)ccc1F. The fraction of sp³-hybridized carbons (Fsp3) is 0.317. The standard InChI is InChI=1S/C41H36F5N9O2S/c42-24-13-21(14-25(43)18-24)15-32(49-34(56)20-55-37-27(36(52-55)38(45)46)3-1-23-16-29(23)37)35-28(22-2-4-31(44)30(17-22)39(47)57)19-33-40(50-35)51-41(58-33)54-11-9-53(10-12-54)26-5-7-48-8-6-26/h2,4-8,13-14,17-19,23,29,32,38H,1,3,9-12,15-16,20H2,(H2,47,57)(H,49,56)/t23-,29?,32+/m1/s1. The van der Waals surface area contributed by atoms with Gasteiger partial charge in [-0.2, -0.15) is 10.1 Å². The lowest BCUT2D eigenvalue weighted by atomic mass is 9.94. The molecule has 2 aromatic carbocycles. The summed E-state index contributed by atoms with van der Waals surface area (Å²) >= 11 is 1.39. The van der Waals surface area contributed by atoms with Crippen LogP contribution in [0.4, 0.5) is 32.8 Å². The number of pyridine rings is 2. The number of fused-ring (bicyclic) bond motifs is 4. The minimum atomic E-state index is -2.81. The van der Waals surface area contributed by atoms with Gasteiger partial charge < -0.3 is 20.9 Å². The molecule has 2 aliphatic carbocycles. The van der Waals surface area contributed by atoms with Crippen LogP contribution in [0.25, 0.3) is 21.5 Å². The molecule has 0 radical (unpaired) electrons. The smallest absolute Gasteiger partial charge is 0.282 e. The van der Waals surface area contributed by atoms with Gasteiger partial charge in [-0.1, -0.05) is 17.4 Å². The number of carbonyl (C=O) groups is 2. The second-order valence-electron chi connectivity index (χ2n) is 14.9. The van der Waals surface area contributed by atoms with Gasteiger partial charge >= 0.3 is 0 Å². The zero-order valence-electron chi connectivity index (χ0n) is 30.8. The third-order valence-corrected chi connectivity index (χ3v) is 12.3. The predicted molar refractivity (Wildman–Crippen MR) is 207 cm³/mol. The number of thiazole rings is 1. The molecule has 6 aromatic rings. The molecule has 1 unspecified atom stereocenters. The molecule has 4 aromatic heterocycles. The van der Waals surface area contributed by atoms with Crippen molar-refractivity contribution in [3.63, 3.8) is 0 Å². The molecule has 2 fully saturated rings. The number of anilines is 2. The lowest BCUT2D eigenvalue weighted by Gasteiger charge is -2.35. The Kier molecular flexibility index (Phi) is 9.78. The molecule has 3 N–H and O–H groups in total. The molecule has 9 rings (SSSR count). The number of amides is 2. The Balaban J connectivity index is 1.11. The number of nitrogens with two attached hydrogens (primary N) is 1. The maximum atomic E-state index is 14.8. The van der Waals surface area contributed by atoms with E-state index in [9.17, 15) is 31.5 Å². The number of piperazine rings is 1. The van der Waals surface area contributed by atoms with E-state index >= 15 is 0 Å². The van der Waals surface area contributed by atoms with Gasteiger partial charge in [0, 0.05) is 73.1 Å². The highest BCUT2D eigenvalue weighted by molar-refractivity contribution is 7.22. The van der Waals surface area contributed by atoms with E-state index in [0.717, 1.165) is 55.9 Å². The van der Waals surface area contributed by atoms with Gasteiger partial charge in [-0.3, -0.25) is 19.3 Å². The van der Waals surface area contributed by atoms with Crippen LogP contribution in [0.3, 0.4) is 0 Å². The normalized spacial score (nSPS) is 18.0. The maximum Gasteiger partial charge on any atom is 0.282 e. The Labute approximate surface area is 332 Å². The van der Waals surface area contributed by atoms with Crippen molar-refractivity contribution < 1.29 is 31.5 Å². The molecule has 1 saturated carbocycles. The van der Waals surface area contributed by atoms with Crippen LogP contribution >= 0.6 is 11.3 Å². The van der Waals surface area contributed by atoms with E-state index in [-0.39, 0.29) is 34.9 Å². The van der Waals surface area contributed by atoms with Gasteiger partial charge in [0.25, 0.3) is 12.3 Å². The van der Waals surface area contributed by atoms with E-state index < -0.39 is 48.3 Å². The summed E-state index contributed by atoms with van der Waals surface area (Å²) in [5, 5.41) is 7.85. The number of primary amides is 1. The third-order valence-electron chi connectivity index (χ3n) is 11.2. The van der Waals surface area contributed by atoms with Crippen molar-refractivity contribution in [2.75, 3.05) is 36.0 Å². The van der Waals surface area contributed by atoms with Crippen molar-refractivity contribution in [2.24, 2.45) is 11.7 Å². The number of carbonyl (C=O) groups excluding carboxylic acids is 2. The van der Waals surface area contributed by atoms with E-state index in [1.54, 1.807) is 18.5 Å². The molecule has 0 spiro atoms. The highest BCUT2D eigenvalue weighted by atomic mass is 32.1. The van der Waals surface area contributed by atoms with E-state index in [2.05, 4.69) is 25.2 Å². The average molecular weight is 814 g/mol. The number of nitrogens with one attached hydrogen (secondary N) is 1. The number of aromatic nitrogens is 5. The number of nitrogens with zero attached hydrogens (tertiary/aromatic N) is 7. The number of alkyl halides is 2. The molecule has 11 nitrogen and oxygen atoms in total. The first-order chi connectivity index (χ1) is 28.0. The quantitative estimate of drug-likeness (QED) is 0.135. The minimum Gasteiger partial charge on any atom is -0.368 e. The number of benzene rings is 2. The molecule has 5 heterocycles. The highest BCUT2D eigenvalue weighted by Crippen LogP contribution is 2.55. The summed E-state index contributed by atoms with van der Waals surface area (Å²) in [6.07, 6.45) is 2.62. The molecule has 0 bridgehead atoms. The third kappa shape index (κ3) is 7.34. The summed E-state index contributed by atoms with van der Waals surface area (Å²) in [4.78, 5) is 44.7. The fourth-order valence-electron chi connectivity index (χ4n) is 8.38. The van der Waals surface area contributed by atoms with Crippen LogP contribution in [0, 0.1) is 23.4 Å². The predicted octanol–water partition coefficient (Wildman–Crippen LogP) is 6.88. The molecule has 298 valence electrons. The summed E-state index contributed by atoms with van der Waals surface area (Å²) in [5.74, 6) is -3.68. The Hall–Kier alpha value is -5.97. The van der Waals surface area contributed by atoms with Gasteiger partial charge in [-0.15, -0.1) is 0 Å². The highest BCUT2D eigenvalue weighted by Gasteiger charge is 2.47. The zero-order valence-corrected chi connectivity index (χ0v) is 31.7. The second-order valence-corrected chi connectivity index (χ2v) is 15.9. The monoisotopic (exact) mass is 813 g/mol. The summed E-state index contributed by atoms with van der Waals surface area (Å²) in [5.41, 5.74) is 8.50. The first-order valence-corrected chi connectivity index (χ1v) is 19.7. The van der Waals surface area contributed by atoms with Crippen LogP contribution in [-0.2, 0) is 24.2 Å². The van der Waals surface area contributed by atoms with E-state index in [1.165, 1.54) is 28.2 Å². The van der Waals surface area contributed by atoms with Crippen molar-refractivity contribution >= 4 is 44.3 Å². The van der Waals surface area contributed by atoms with Crippen LogP contribution in [0.1, 0.15) is 69.8 Å². The van der Waals surface area contributed by atoms with Crippen LogP contribution in [0.5, 0.6) is 0 Å². The summed E-state index contributed by atoms with van der Waals surface area (Å²) in [7, 11) is 0. The van der Waals surface area contributed by atoms with Gasteiger partial charge in [-0.05, 0) is 85.2 Å². The van der Waals surface area contributed by atoms with Crippen molar-refractivity contribution in [1.82, 2.24) is 30.0 Å². The van der Waals surface area contributed by atoms with Gasteiger partial charge in [0.05, 0.1) is 22.0 Å². The van der Waals surface area contributed by atoms with Crippen molar-refractivity contribution in [1.29, 1.82) is 0 Å². The Bertz CT molecular complexity index is 2540. The number of hydrogen-bond donors (Lipinski definition) is 2. The van der Waals surface area contributed by atoms with E-state index in [0.29, 0.717) is 63.3 Å². The molecule has 1 aliphatic heterocycles.